The molecule has 1 N–H and O–H groups in total. The van der Waals surface area contributed by atoms with Crippen LogP contribution in [0.15, 0.2) is 12.1 Å². The third-order valence-corrected chi connectivity index (χ3v) is 6.27. The first-order valence-corrected chi connectivity index (χ1v) is 8.18. The predicted molar refractivity (Wildman–Crippen MR) is 83.4 cm³/mol. The number of piperidine rings is 1. The van der Waals surface area contributed by atoms with Gasteiger partial charge in [0, 0.05) is 29.9 Å². The van der Waals surface area contributed by atoms with Crippen LogP contribution >= 0.6 is 0 Å². The minimum Gasteiger partial charge on any atom is -0.504 e. The number of carbonyl (C=O) groups excluding carboxylic acids is 1. The molecule has 1 saturated heterocycles. The van der Waals surface area contributed by atoms with Gasteiger partial charge in [-0.15, -0.1) is 0 Å². The van der Waals surface area contributed by atoms with Crippen LogP contribution in [0.3, 0.4) is 0 Å². The van der Waals surface area contributed by atoms with Crippen molar-refractivity contribution in [2.24, 2.45) is 5.92 Å². The largest absolute Gasteiger partial charge is 0.504 e. The first kappa shape index (κ1) is 14.1. The summed E-state index contributed by atoms with van der Waals surface area (Å²) in [7, 11) is 3.78. The fourth-order valence-electron chi connectivity index (χ4n) is 5.27. The highest BCUT2D eigenvalue weighted by molar-refractivity contribution is 5.82. The predicted octanol–water partition coefficient (Wildman–Crippen LogP) is 2.27. The second-order valence-electron chi connectivity index (χ2n) is 7.17. The monoisotopic (exact) mass is 301 g/mol. The van der Waals surface area contributed by atoms with E-state index in [1.54, 1.807) is 7.11 Å². The van der Waals surface area contributed by atoms with Gasteiger partial charge in [-0.3, -0.25) is 4.79 Å². The van der Waals surface area contributed by atoms with E-state index in [-0.39, 0.29) is 11.2 Å². The number of benzene rings is 1. The number of carbonyl (C=O) groups is 1. The van der Waals surface area contributed by atoms with E-state index >= 15 is 0 Å². The molecule has 1 aromatic rings. The van der Waals surface area contributed by atoms with Crippen molar-refractivity contribution in [3.05, 3.63) is 23.3 Å². The SMILES string of the molecule is COc1ccc2c(c1O)[C@]13CCN(C)C(C2)[C@@H]1CCC(=O)C3. The van der Waals surface area contributed by atoms with E-state index in [2.05, 4.69) is 18.0 Å². The zero-order chi connectivity index (χ0) is 15.5. The molecule has 22 heavy (non-hydrogen) atoms. The van der Waals surface area contributed by atoms with E-state index in [4.69, 9.17) is 4.74 Å². The van der Waals surface area contributed by atoms with Gasteiger partial charge in [-0.25, -0.2) is 0 Å². The van der Waals surface area contributed by atoms with E-state index in [1.807, 2.05) is 6.07 Å². The Morgan fingerprint density at radius 2 is 2.23 bits per heavy atom. The number of methoxy groups -OCH3 is 1. The third-order valence-electron chi connectivity index (χ3n) is 6.27. The molecule has 0 radical (unpaired) electrons. The fourth-order valence-corrected chi connectivity index (χ4v) is 5.27. The number of fused-ring (bicyclic) bond motifs is 1. The van der Waals surface area contributed by atoms with Crippen molar-refractivity contribution in [3.63, 3.8) is 0 Å². The van der Waals surface area contributed by atoms with Gasteiger partial charge in [-0.1, -0.05) is 6.07 Å². The lowest BCUT2D eigenvalue weighted by Crippen LogP contribution is -2.60. The molecule has 0 amide bonds. The molecule has 1 aliphatic heterocycles. The molecule has 0 aromatic heterocycles. The van der Waals surface area contributed by atoms with Crippen molar-refractivity contribution >= 4 is 5.78 Å². The summed E-state index contributed by atoms with van der Waals surface area (Å²) in [5.41, 5.74) is 2.02. The Kier molecular flexibility index (Phi) is 3.02. The number of phenolic OH excluding ortho intramolecular Hbond substituents is 1. The van der Waals surface area contributed by atoms with Crippen LogP contribution in [-0.4, -0.2) is 42.5 Å². The van der Waals surface area contributed by atoms with E-state index in [0.29, 0.717) is 36.3 Å². The zero-order valence-electron chi connectivity index (χ0n) is 13.3. The smallest absolute Gasteiger partial charge is 0.161 e. The van der Waals surface area contributed by atoms with Crippen LogP contribution in [0.25, 0.3) is 0 Å². The molecule has 1 saturated carbocycles. The molecular formula is C18H23NO3. The molecule has 2 bridgehead atoms. The number of rotatable bonds is 1. The first-order chi connectivity index (χ1) is 10.6. The molecule has 0 spiro atoms. The Bertz CT molecular complexity index is 641. The topological polar surface area (TPSA) is 49.8 Å². The molecule has 4 rings (SSSR count). The number of hydrogen-bond donors (Lipinski definition) is 1. The molecular weight excluding hydrogens is 278 g/mol. The minimum absolute atomic E-state index is 0.182. The van der Waals surface area contributed by atoms with Gasteiger partial charge >= 0.3 is 0 Å². The highest BCUT2D eigenvalue weighted by atomic mass is 16.5. The molecule has 2 aliphatic carbocycles. The fraction of sp³-hybridized carbons (Fsp3) is 0.611. The summed E-state index contributed by atoms with van der Waals surface area (Å²) in [6.07, 6.45) is 4.13. The third kappa shape index (κ3) is 1.70. The number of nitrogens with zero attached hydrogens (tertiary/aromatic N) is 1. The summed E-state index contributed by atoms with van der Waals surface area (Å²) in [4.78, 5) is 14.7. The second kappa shape index (κ2) is 4.72. The van der Waals surface area contributed by atoms with Gasteiger partial charge in [0.15, 0.2) is 11.5 Å². The summed E-state index contributed by atoms with van der Waals surface area (Å²) < 4.78 is 5.33. The van der Waals surface area contributed by atoms with Gasteiger partial charge in [-0.2, -0.15) is 0 Å². The van der Waals surface area contributed by atoms with Crippen LogP contribution in [0, 0.1) is 5.92 Å². The van der Waals surface area contributed by atoms with Crippen LogP contribution in [0.1, 0.15) is 36.8 Å². The number of hydrogen-bond acceptors (Lipinski definition) is 4. The molecule has 3 atom stereocenters. The molecule has 4 nitrogen and oxygen atoms in total. The van der Waals surface area contributed by atoms with Gasteiger partial charge in [0.25, 0.3) is 0 Å². The summed E-state index contributed by atoms with van der Waals surface area (Å²) in [5.74, 6) is 1.61. The number of phenols is 1. The summed E-state index contributed by atoms with van der Waals surface area (Å²) in [5, 5.41) is 10.8. The Labute approximate surface area is 131 Å². The van der Waals surface area contributed by atoms with Crippen molar-refractivity contribution in [1.82, 2.24) is 4.90 Å². The average molecular weight is 301 g/mol. The van der Waals surface area contributed by atoms with E-state index in [9.17, 15) is 9.90 Å². The Hall–Kier alpha value is -1.55. The highest BCUT2D eigenvalue weighted by Crippen LogP contribution is 2.58. The van der Waals surface area contributed by atoms with Crippen LogP contribution in [0.4, 0.5) is 0 Å². The summed E-state index contributed by atoms with van der Waals surface area (Å²) in [6, 6.07) is 4.42. The minimum atomic E-state index is -0.182. The van der Waals surface area contributed by atoms with Gasteiger partial charge in [0.05, 0.1) is 7.11 Å². The van der Waals surface area contributed by atoms with Gasteiger partial charge < -0.3 is 14.7 Å². The average Bonchev–Trinajstić information content (AvgIpc) is 2.50. The molecule has 1 heterocycles. The molecule has 1 aromatic carbocycles. The summed E-state index contributed by atoms with van der Waals surface area (Å²) in [6.45, 7) is 0.991. The van der Waals surface area contributed by atoms with Gasteiger partial charge in [0.1, 0.15) is 5.78 Å². The maximum absolute atomic E-state index is 12.2. The molecule has 2 fully saturated rings. The number of ether oxygens (including phenoxy) is 1. The molecule has 1 unspecified atom stereocenters. The quantitative estimate of drug-likeness (QED) is 0.864. The van der Waals surface area contributed by atoms with Crippen molar-refractivity contribution in [1.29, 1.82) is 0 Å². The molecule has 3 aliphatic rings. The summed E-state index contributed by atoms with van der Waals surface area (Å²) >= 11 is 0. The zero-order valence-corrected chi connectivity index (χ0v) is 13.3. The van der Waals surface area contributed by atoms with Crippen LogP contribution in [0.5, 0.6) is 11.5 Å². The van der Waals surface area contributed by atoms with Gasteiger partial charge in [-0.05, 0) is 50.4 Å². The number of likely N-dealkylation sites (N-methyl/N-ethyl adjacent to an activating group) is 1. The number of Topliss-reactive ketones (excluding diaryl/α,β-unsaturated/α-hetero) is 1. The van der Waals surface area contributed by atoms with E-state index in [0.717, 1.165) is 31.4 Å². The van der Waals surface area contributed by atoms with Crippen LogP contribution in [-0.2, 0) is 16.6 Å². The number of aromatic hydroxyl groups is 1. The molecule has 118 valence electrons. The normalized spacial score (nSPS) is 34.0. The standard InChI is InChI=1S/C18H23NO3/c1-19-8-7-18-10-12(20)4-5-13(18)14(19)9-11-3-6-15(22-2)17(21)16(11)18/h3,6,13-14,21H,4-5,7-10H2,1-2H3/t13-,14?,18-/m0/s1. The van der Waals surface area contributed by atoms with Crippen LogP contribution < -0.4 is 4.74 Å². The lowest BCUT2D eigenvalue weighted by molar-refractivity contribution is -0.126. The van der Waals surface area contributed by atoms with E-state index in [1.165, 1.54) is 5.56 Å². The number of likely N-dealkylation sites (tertiary alicyclic amines) is 1. The lowest BCUT2D eigenvalue weighted by Gasteiger charge is -2.58. The second-order valence-corrected chi connectivity index (χ2v) is 7.17. The highest BCUT2D eigenvalue weighted by Gasteiger charge is 2.56. The van der Waals surface area contributed by atoms with Crippen LogP contribution in [0.2, 0.25) is 0 Å². The Balaban J connectivity index is 1.95. The number of ketones is 1. The van der Waals surface area contributed by atoms with E-state index < -0.39 is 0 Å². The van der Waals surface area contributed by atoms with Crippen molar-refractivity contribution < 1.29 is 14.6 Å². The van der Waals surface area contributed by atoms with Crippen molar-refractivity contribution in [2.45, 2.75) is 43.6 Å². The Morgan fingerprint density at radius 3 is 3.00 bits per heavy atom. The Morgan fingerprint density at radius 1 is 1.41 bits per heavy atom. The maximum Gasteiger partial charge on any atom is 0.161 e. The van der Waals surface area contributed by atoms with Crippen molar-refractivity contribution in [3.8, 4) is 11.5 Å². The van der Waals surface area contributed by atoms with Crippen molar-refractivity contribution in [2.75, 3.05) is 20.7 Å². The lowest BCUT2D eigenvalue weighted by atomic mass is 9.52. The molecule has 4 heteroatoms. The first-order valence-electron chi connectivity index (χ1n) is 8.18. The van der Waals surface area contributed by atoms with Gasteiger partial charge in [0.2, 0.25) is 0 Å². The maximum atomic E-state index is 12.2.